The van der Waals surface area contributed by atoms with Crippen LogP contribution in [0.2, 0.25) is 13.1 Å². The Kier molecular flexibility index (Phi) is 5.16. The highest BCUT2D eigenvalue weighted by Gasteiger charge is 2.10. The zero-order valence-electron chi connectivity index (χ0n) is 12.2. The highest BCUT2D eigenvalue weighted by atomic mass is 28.3. The molecule has 0 N–H and O–H groups in total. The Morgan fingerprint density at radius 1 is 1.32 bits per heavy atom. The molecule has 0 spiro atoms. The Balaban J connectivity index is 2.06. The van der Waals surface area contributed by atoms with Crippen molar-refractivity contribution in [2.45, 2.75) is 32.9 Å². The normalized spacial score (nSPS) is 16.6. The van der Waals surface area contributed by atoms with Crippen LogP contribution in [0.15, 0.2) is 23.2 Å². The number of hydrogen-bond acceptors (Lipinski definition) is 3. The largest absolute Gasteiger partial charge is 0.546 e. The van der Waals surface area contributed by atoms with E-state index in [0.717, 1.165) is 18.0 Å². The third-order valence-electron chi connectivity index (χ3n) is 3.32. The summed E-state index contributed by atoms with van der Waals surface area (Å²) in [5, 5.41) is 0. The smallest absolute Gasteiger partial charge is 0.229 e. The highest BCUT2D eigenvalue weighted by Crippen LogP contribution is 2.31. The first kappa shape index (κ1) is 14.3. The predicted molar refractivity (Wildman–Crippen MR) is 84.5 cm³/mol. The molecule has 0 amide bonds. The molecule has 0 bridgehead atoms. The van der Waals surface area contributed by atoms with Crippen molar-refractivity contribution in [1.29, 1.82) is 0 Å². The van der Waals surface area contributed by atoms with Crippen molar-refractivity contribution in [2.24, 2.45) is 4.99 Å². The molecule has 1 aromatic rings. The molecule has 1 fully saturated rings. The molecule has 4 heteroatoms. The molecule has 1 aromatic carbocycles. The molecule has 1 saturated heterocycles. The van der Waals surface area contributed by atoms with Gasteiger partial charge in [0.05, 0.1) is 0 Å². The Morgan fingerprint density at radius 3 is 2.74 bits per heavy atom. The summed E-state index contributed by atoms with van der Waals surface area (Å²) < 4.78 is 5.96. The molecule has 19 heavy (non-hydrogen) atoms. The van der Waals surface area contributed by atoms with E-state index < -0.39 is 9.04 Å². The summed E-state index contributed by atoms with van der Waals surface area (Å²) >= 11 is 0. The van der Waals surface area contributed by atoms with Gasteiger partial charge < -0.3 is 4.43 Å². The average molecular weight is 276 g/mol. The summed E-state index contributed by atoms with van der Waals surface area (Å²) in [5.41, 5.74) is 2.19. The lowest BCUT2D eigenvalue weighted by molar-refractivity contribution is 0.391. The fourth-order valence-electron chi connectivity index (χ4n) is 2.36. The molecule has 2 rings (SSSR count). The fourth-order valence-corrected chi connectivity index (χ4v) is 3.06. The number of aryl methyl sites for hydroxylation is 1. The highest BCUT2D eigenvalue weighted by molar-refractivity contribution is 6.49. The lowest BCUT2D eigenvalue weighted by Crippen LogP contribution is -2.21. The third kappa shape index (κ3) is 4.18. The van der Waals surface area contributed by atoms with E-state index in [1.54, 1.807) is 0 Å². The predicted octanol–water partition coefficient (Wildman–Crippen LogP) is 3.16. The molecule has 1 aliphatic rings. The van der Waals surface area contributed by atoms with Crippen molar-refractivity contribution < 1.29 is 4.43 Å². The number of nitrogens with zero attached hydrogens (tertiary/aromatic N) is 2. The van der Waals surface area contributed by atoms with Crippen molar-refractivity contribution in [3.05, 3.63) is 23.8 Å². The molecule has 1 aliphatic heterocycles. The summed E-state index contributed by atoms with van der Waals surface area (Å²) in [7, 11) is -1.09. The van der Waals surface area contributed by atoms with Gasteiger partial charge >= 0.3 is 0 Å². The number of aliphatic imine (C=N–C) groups is 1. The maximum absolute atomic E-state index is 5.96. The van der Waals surface area contributed by atoms with E-state index in [-0.39, 0.29) is 0 Å². The van der Waals surface area contributed by atoms with Crippen LogP contribution in [0.3, 0.4) is 0 Å². The van der Waals surface area contributed by atoms with Crippen LogP contribution in [0, 0.1) is 6.92 Å². The van der Waals surface area contributed by atoms with Crippen LogP contribution in [0.1, 0.15) is 18.4 Å². The molecule has 0 saturated carbocycles. The molecule has 0 atom stereocenters. The molecule has 1 heterocycles. The minimum Gasteiger partial charge on any atom is -0.546 e. The Labute approximate surface area is 118 Å². The average Bonchev–Trinajstić information content (AvgIpc) is 2.85. The second kappa shape index (κ2) is 6.87. The van der Waals surface area contributed by atoms with Gasteiger partial charge in [-0.05, 0) is 57.6 Å². The van der Waals surface area contributed by atoms with Gasteiger partial charge in [0.15, 0.2) is 0 Å². The van der Waals surface area contributed by atoms with Gasteiger partial charge in [-0.25, -0.2) is 0 Å². The number of likely N-dealkylation sites (tertiary alicyclic amines) is 1. The Morgan fingerprint density at radius 2 is 2.05 bits per heavy atom. The molecule has 0 aliphatic carbocycles. The summed E-state index contributed by atoms with van der Waals surface area (Å²) in [6.07, 6.45) is 4.68. The standard InChI is InChI=1S/C15H24N2OSi/c1-13-7-6-8-14(18-19(2)3)15(13)16-9-12-17-10-4-5-11-17/h6-9,19H,4-5,10-12H2,1-3H3. The molecule has 0 unspecified atom stereocenters. The summed E-state index contributed by atoms with van der Waals surface area (Å²) in [6.45, 7) is 9.83. The number of hydrogen-bond donors (Lipinski definition) is 0. The second-order valence-electron chi connectivity index (χ2n) is 5.41. The third-order valence-corrected chi connectivity index (χ3v) is 4.05. The van der Waals surface area contributed by atoms with E-state index in [1.807, 2.05) is 18.3 Å². The van der Waals surface area contributed by atoms with Crippen LogP contribution in [0.5, 0.6) is 5.75 Å². The minimum absolute atomic E-state index is 0.944. The van der Waals surface area contributed by atoms with E-state index in [2.05, 4.69) is 36.0 Å². The zero-order chi connectivity index (χ0) is 13.7. The number of benzene rings is 1. The lowest BCUT2D eigenvalue weighted by atomic mass is 10.2. The molecule has 3 nitrogen and oxygen atoms in total. The monoisotopic (exact) mass is 276 g/mol. The van der Waals surface area contributed by atoms with Crippen molar-refractivity contribution in [3.63, 3.8) is 0 Å². The first-order chi connectivity index (χ1) is 9.16. The maximum Gasteiger partial charge on any atom is 0.229 e. The van der Waals surface area contributed by atoms with Gasteiger partial charge in [-0.2, -0.15) is 0 Å². The Hall–Kier alpha value is -1.13. The van der Waals surface area contributed by atoms with Gasteiger partial charge in [-0.1, -0.05) is 12.1 Å². The van der Waals surface area contributed by atoms with Crippen LogP contribution in [-0.4, -0.2) is 39.8 Å². The van der Waals surface area contributed by atoms with Crippen LogP contribution in [-0.2, 0) is 0 Å². The van der Waals surface area contributed by atoms with Gasteiger partial charge in [-0.3, -0.25) is 9.89 Å². The fraction of sp³-hybridized carbons (Fsp3) is 0.533. The number of rotatable bonds is 5. The van der Waals surface area contributed by atoms with Crippen LogP contribution in [0.25, 0.3) is 0 Å². The van der Waals surface area contributed by atoms with Crippen LogP contribution in [0.4, 0.5) is 5.69 Å². The summed E-state index contributed by atoms with van der Waals surface area (Å²) in [6, 6.07) is 6.17. The van der Waals surface area contributed by atoms with Gasteiger partial charge in [0, 0.05) is 12.8 Å². The van der Waals surface area contributed by atoms with E-state index >= 15 is 0 Å². The first-order valence-corrected chi connectivity index (χ1v) is 9.96. The molecule has 0 aromatic heterocycles. The quantitative estimate of drug-likeness (QED) is 0.609. The van der Waals surface area contributed by atoms with Crippen molar-refractivity contribution in [1.82, 2.24) is 4.90 Å². The van der Waals surface area contributed by atoms with Crippen molar-refractivity contribution >= 4 is 20.9 Å². The summed E-state index contributed by atoms with van der Waals surface area (Å²) in [4.78, 5) is 7.10. The van der Waals surface area contributed by atoms with Crippen LogP contribution < -0.4 is 4.43 Å². The van der Waals surface area contributed by atoms with Gasteiger partial charge in [0.2, 0.25) is 9.04 Å². The van der Waals surface area contributed by atoms with E-state index in [9.17, 15) is 0 Å². The first-order valence-electron chi connectivity index (χ1n) is 7.18. The zero-order valence-corrected chi connectivity index (χ0v) is 13.4. The SMILES string of the molecule is Cc1cccc(O[SiH](C)C)c1N=CCN1CCCC1. The second-order valence-corrected chi connectivity index (χ2v) is 7.74. The topological polar surface area (TPSA) is 24.8 Å². The molecular weight excluding hydrogens is 252 g/mol. The Bertz CT molecular complexity index is 440. The van der Waals surface area contributed by atoms with Crippen LogP contribution >= 0.6 is 0 Å². The number of para-hydroxylation sites is 1. The van der Waals surface area contributed by atoms with Gasteiger partial charge in [0.25, 0.3) is 0 Å². The molecular formula is C15H24N2OSi. The van der Waals surface area contributed by atoms with E-state index in [1.165, 1.54) is 31.5 Å². The lowest BCUT2D eigenvalue weighted by Gasteiger charge is -2.14. The molecule has 0 radical (unpaired) electrons. The van der Waals surface area contributed by atoms with Gasteiger partial charge in [-0.15, -0.1) is 0 Å². The minimum atomic E-state index is -1.09. The van der Waals surface area contributed by atoms with Gasteiger partial charge in [0.1, 0.15) is 11.4 Å². The molecule has 104 valence electrons. The van der Waals surface area contributed by atoms with Crippen molar-refractivity contribution in [2.75, 3.05) is 19.6 Å². The maximum atomic E-state index is 5.96. The van der Waals surface area contributed by atoms with Crippen molar-refractivity contribution in [3.8, 4) is 5.75 Å². The summed E-state index contributed by atoms with van der Waals surface area (Å²) in [5.74, 6) is 0.944. The van der Waals surface area contributed by atoms with E-state index in [4.69, 9.17) is 4.43 Å². The van der Waals surface area contributed by atoms with E-state index in [0.29, 0.717) is 0 Å².